The van der Waals surface area contributed by atoms with Gasteiger partial charge in [0.15, 0.2) is 0 Å². The van der Waals surface area contributed by atoms with Crippen molar-refractivity contribution in [2.45, 2.75) is 32.3 Å². The summed E-state index contributed by atoms with van der Waals surface area (Å²) in [5.41, 5.74) is 9.32. The number of thiazole rings is 1. The Morgan fingerprint density at radius 2 is 2.19 bits per heavy atom. The van der Waals surface area contributed by atoms with Crippen molar-refractivity contribution in [2.24, 2.45) is 5.73 Å². The number of primary amides is 1. The van der Waals surface area contributed by atoms with Crippen molar-refractivity contribution in [1.82, 2.24) is 9.97 Å². The first kappa shape index (κ1) is 17.9. The SMILES string of the molecule is COc1ccc(C2CCCCO2)c2sc(-c3c(C(N)=O)ccnc3C)nc12. The van der Waals surface area contributed by atoms with Crippen molar-refractivity contribution in [1.29, 1.82) is 0 Å². The molecule has 4 rings (SSSR count). The lowest BCUT2D eigenvalue weighted by Gasteiger charge is -2.23. The number of carbonyl (C=O) groups is 1. The Hall–Kier alpha value is -2.51. The fourth-order valence-corrected chi connectivity index (χ4v) is 4.81. The number of carbonyl (C=O) groups excluding carboxylic acids is 1. The Morgan fingerprint density at radius 1 is 1.33 bits per heavy atom. The summed E-state index contributed by atoms with van der Waals surface area (Å²) in [6.07, 6.45) is 4.89. The molecule has 1 unspecified atom stereocenters. The van der Waals surface area contributed by atoms with Crippen molar-refractivity contribution >= 4 is 27.5 Å². The van der Waals surface area contributed by atoms with Gasteiger partial charge in [-0.2, -0.15) is 0 Å². The van der Waals surface area contributed by atoms with Gasteiger partial charge in [-0.3, -0.25) is 9.78 Å². The number of hydrogen-bond acceptors (Lipinski definition) is 6. The minimum Gasteiger partial charge on any atom is -0.494 e. The van der Waals surface area contributed by atoms with Crippen LogP contribution in [0.3, 0.4) is 0 Å². The van der Waals surface area contributed by atoms with Gasteiger partial charge in [0.1, 0.15) is 16.3 Å². The van der Waals surface area contributed by atoms with E-state index in [0.717, 1.165) is 47.3 Å². The summed E-state index contributed by atoms with van der Waals surface area (Å²) in [6.45, 7) is 2.63. The van der Waals surface area contributed by atoms with Crippen molar-refractivity contribution in [2.75, 3.05) is 13.7 Å². The number of ether oxygens (including phenoxy) is 2. The van der Waals surface area contributed by atoms with Crippen LogP contribution >= 0.6 is 11.3 Å². The maximum Gasteiger partial charge on any atom is 0.249 e. The molecule has 0 aliphatic carbocycles. The molecule has 1 aromatic carbocycles. The average Bonchev–Trinajstić information content (AvgIpc) is 3.12. The lowest BCUT2D eigenvalue weighted by atomic mass is 10.0. The molecule has 1 amide bonds. The predicted molar refractivity (Wildman–Crippen MR) is 105 cm³/mol. The molecule has 2 aromatic heterocycles. The first-order valence-electron chi connectivity index (χ1n) is 8.95. The Bertz CT molecular complexity index is 1010. The summed E-state index contributed by atoms with van der Waals surface area (Å²) in [6, 6.07) is 5.63. The first-order valence-corrected chi connectivity index (χ1v) is 9.76. The number of rotatable bonds is 4. The van der Waals surface area contributed by atoms with Crippen LogP contribution in [-0.4, -0.2) is 29.6 Å². The molecule has 0 saturated carbocycles. The molecular formula is C20H21N3O3S. The highest BCUT2D eigenvalue weighted by Crippen LogP contribution is 2.42. The van der Waals surface area contributed by atoms with Crippen molar-refractivity contribution in [3.8, 4) is 16.3 Å². The number of aromatic nitrogens is 2. The Kier molecular flexibility index (Phi) is 4.80. The number of hydrogen-bond donors (Lipinski definition) is 1. The van der Waals surface area contributed by atoms with Gasteiger partial charge in [0.25, 0.3) is 0 Å². The summed E-state index contributed by atoms with van der Waals surface area (Å²) < 4.78 is 12.5. The number of aryl methyl sites for hydroxylation is 1. The second kappa shape index (κ2) is 7.25. The largest absolute Gasteiger partial charge is 0.494 e. The highest BCUT2D eigenvalue weighted by molar-refractivity contribution is 7.22. The van der Waals surface area contributed by atoms with Gasteiger partial charge in [0.2, 0.25) is 5.91 Å². The normalized spacial score (nSPS) is 17.2. The van der Waals surface area contributed by atoms with Crippen LogP contribution in [0.25, 0.3) is 20.8 Å². The van der Waals surface area contributed by atoms with Crippen LogP contribution in [0.2, 0.25) is 0 Å². The Balaban J connectivity index is 1.93. The standard InChI is InChI=1S/C20H21N3O3S/c1-11-16(13(19(21)24)8-9-22-11)20-23-17-15(25-2)7-6-12(18(17)27-20)14-5-3-4-10-26-14/h6-9,14H,3-5,10H2,1-2H3,(H2,21,24). The molecule has 1 fully saturated rings. The molecule has 2 N–H and O–H groups in total. The number of pyridine rings is 1. The minimum absolute atomic E-state index is 0.0612. The van der Waals surface area contributed by atoms with Crippen molar-refractivity contribution in [3.05, 3.63) is 41.2 Å². The van der Waals surface area contributed by atoms with Gasteiger partial charge in [0, 0.05) is 29.6 Å². The molecule has 6 nitrogen and oxygen atoms in total. The van der Waals surface area contributed by atoms with Crippen LogP contribution < -0.4 is 10.5 Å². The topological polar surface area (TPSA) is 87.3 Å². The molecule has 1 saturated heterocycles. The Morgan fingerprint density at radius 3 is 2.89 bits per heavy atom. The second-order valence-corrected chi connectivity index (χ2v) is 7.59. The van der Waals surface area contributed by atoms with Crippen LogP contribution in [0.4, 0.5) is 0 Å². The molecule has 1 aliphatic heterocycles. The number of amides is 1. The third kappa shape index (κ3) is 3.17. The van der Waals surface area contributed by atoms with Crippen LogP contribution in [0.15, 0.2) is 24.4 Å². The molecular weight excluding hydrogens is 362 g/mol. The maximum absolute atomic E-state index is 11.9. The van der Waals surface area contributed by atoms with Gasteiger partial charge >= 0.3 is 0 Å². The van der Waals surface area contributed by atoms with E-state index in [1.807, 2.05) is 13.0 Å². The number of nitrogens with zero attached hydrogens (tertiary/aromatic N) is 2. The van der Waals surface area contributed by atoms with Gasteiger partial charge in [-0.1, -0.05) is 6.07 Å². The first-order chi connectivity index (χ1) is 13.1. The molecule has 0 radical (unpaired) electrons. The second-order valence-electron chi connectivity index (χ2n) is 6.59. The fraction of sp³-hybridized carbons (Fsp3) is 0.350. The average molecular weight is 383 g/mol. The summed E-state index contributed by atoms with van der Waals surface area (Å²) in [4.78, 5) is 21.1. The molecule has 1 atom stereocenters. The lowest BCUT2D eigenvalue weighted by Crippen LogP contribution is -2.13. The Labute approximate surface area is 161 Å². The molecule has 0 bridgehead atoms. The lowest BCUT2D eigenvalue weighted by molar-refractivity contribution is 0.0159. The zero-order valence-electron chi connectivity index (χ0n) is 15.3. The fourth-order valence-electron chi connectivity index (χ4n) is 3.56. The number of methoxy groups -OCH3 is 1. The van der Waals surface area contributed by atoms with Crippen molar-refractivity contribution in [3.63, 3.8) is 0 Å². The number of benzene rings is 1. The van der Waals surface area contributed by atoms with E-state index in [0.29, 0.717) is 21.9 Å². The van der Waals surface area contributed by atoms with E-state index in [4.69, 9.17) is 20.2 Å². The number of fused-ring (bicyclic) bond motifs is 1. The van der Waals surface area contributed by atoms with Gasteiger partial charge in [0.05, 0.1) is 23.5 Å². The molecule has 140 valence electrons. The van der Waals surface area contributed by atoms with Crippen LogP contribution in [0, 0.1) is 6.92 Å². The smallest absolute Gasteiger partial charge is 0.249 e. The molecule has 0 spiro atoms. The minimum atomic E-state index is -0.488. The van der Waals surface area contributed by atoms with Crippen LogP contribution in [-0.2, 0) is 4.74 Å². The summed E-state index contributed by atoms with van der Waals surface area (Å²) in [5, 5.41) is 0.714. The number of nitrogens with two attached hydrogens (primary N) is 1. The summed E-state index contributed by atoms with van der Waals surface area (Å²) >= 11 is 1.53. The van der Waals surface area contributed by atoms with Crippen LogP contribution in [0.5, 0.6) is 5.75 Å². The van der Waals surface area contributed by atoms with Gasteiger partial charge < -0.3 is 15.2 Å². The molecule has 7 heteroatoms. The van der Waals surface area contributed by atoms with E-state index < -0.39 is 5.91 Å². The molecule has 1 aliphatic rings. The predicted octanol–water partition coefficient (Wildman–Crippen LogP) is 4.02. The molecule has 27 heavy (non-hydrogen) atoms. The van der Waals surface area contributed by atoms with E-state index >= 15 is 0 Å². The van der Waals surface area contributed by atoms with E-state index in [9.17, 15) is 4.79 Å². The van der Waals surface area contributed by atoms with Gasteiger partial charge in [-0.25, -0.2) is 4.98 Å². The van der Waals surface area contributed by atoms with E-state index in [2.05, 4.69) is 11.1 Å². The monoisotopic (exact) mass is 383 g/mol. The van der Waals surface area contributed by atoms with Crippen molar-refractivity contribution < 1.29 is 14.3 Å². The van der Waals surface area contributed by atoms with Crippen LogP contribution in [0.1, 0.15) is 47.0 Å². The van der Waals surface area contributed by atoms with Gasteiger partial charge in [-0.15, -0.1) is 11.3 Å². The highest BCUT2D eigenvalue weighted by Gasteiger charge is 2.24. The third-order valence-electron chi connectivity index (χ3n) is 4.90. The molecule has 3 aromatic rings. The quantitative estimate of drug-likeness (QED) is 0.735. The maximum atomic E-state index is 11.9. The van der Waals surface area contributed by atoms with Gasteiger partial charge in [-0.05, 0) is 38.3 Å². The summed E-state index contributed by atoms with van der Waals surface area (Å²) in [5.74, 6) is 0.215. The zero-order chi connectivity index (χ0) is 19.0. The summed E-state index contributed by atoms with van der Waals surface area (Å²) in [7, 11) is 1.63. The van der Waals surface area contributed by atoms with E-state index in [1.165, 1.54) is 11.3 Å². The molecule has 3 heterocycles. The third-order valence-corrected chi connectivity index (χ3v) is 6.03. The zero-order valence-corrected chi connectivity index (χ0v) is 16.1. The van der Waals surface area contributed by atoms with E-state index in [-0.39, 0.29) is 6.10 Å². The van der Waals surface area contributed by atoms with E-state index in [1.54, 1.807) is 19.4 Å². The highest BCUT2D eigenvalue weighted by atomic mass is 32.1.